The highest BCUT2D eigenvalue weighted by Crippen LogP contribution is 2.38. The third kappa shape index (κ3) is 4.03. The van der Waals surface area contributed by atoms with Crippen LogP contribution >= 0.6 is 11.3 Å². The Morgan fingerprint density at radius 2 is 2.10 bits per heavy atom. The molecule has 2 aromatic heterocycles. The van der Waals surface area contributed by atoms with E-state index in [0.29, 0.717) is 30.9 Å². The molecule has 0 radical (unpaired) electrons. The number of thiazole rings is 1. The van der Waals surface area contributed by atoms with Crippen LogP contribution in [0.25, 0.3) is 0 Å². The summed E-state index contributed by atoms with van der Waals surface area (Å²) >= 11 is 1.47. The van der Waals surface area contributed by atoms with Gasteiger partial charge < -0.3 is 10.1 Å². The smallest absolute Gasteiger partial charge is 0.247 e. The number of sulfonamides is 1. The van der Waals surface area contributed by atoms with E-state index in [-0.39, 0.29) is 10.6 Å². The van der Waals surface area contributed by atoms with Crippen LogP contribution in [0.5, 0.6) is 5.75 Å². The Labute approximate surface area is 178 Å². The Kier molecular flexibility index (Phi) is 5.72. The quantitative estimate of drug-likeness (QED) is 0.606. The van der Waals surface area contributed by atoms with E-state index in [0.717, 1.165) is 16.9 Å². The minimum Gasteiger partial charge on any atom is -0.495 e. The molecule has 1 aromatic carbocycles. The van der Waals surface area contributed by atoms with Gasteiger partial charge in [-0.3, -0.25) is 0 Å². The Bertz CT molecular complexity index is 1170. The molecule has 1 aliphatic heterocycles. The number of aryl methyl sites for hydroxylation is 1. The van der Waals surface area contributed by atoms with Gasteiger partial charge in [0.05, 0.1) is 24.5 Å². The van der Waals surface area contributed by atoms with Gasteiger partial charge in [0.1, 0.15) is 22.3 Å². The molecule has 158 valence electrons. The van der Waals surface area contributed by atoms with E-state index < -0.39 is 21.9 Å². The average molecular weight is 449 g/mol. The fourth-order valence-electron chi connectivity index (χ4n) is 3.53. The SMILES string of the molecule is COc1ccc(F)cc1S(=O)(=O)N1CCC[C@@H]1c1cccc(Nc2nc(C)cs2)n1. The second kappa shape index (κ2) is 8.29. The molecule has 1 N–H and O–H groups in total. The summed E-state index contributed by atoms with van der Waals surface area (Å²) in [5, 5.41) is 5.81. The Morgan fingerprint density at radius 1 is 1.27 bits per heavy atom. The molecule has 0 saturated carbocycles. The highest BCUT2D eigenvalue weighted by Gasteiger charge is 2.38. The zero-order chi connectivity index (χ0) is 21.3. The largest absolute Gasteiger partial charge is 0.495 e. The van der Waals surface area contributed by atoms with Crippen LogP contribution < -0.4 is 10.1 Å². The Balaban J connectivity index is 1.65. The fourth-order valence-corrected chi connectivity index (χ4v) is 6.06. The molecule has 0 unspecified atom stereocenters. The van der Waals surface area contributed by atoms with E-state index in [2.05, 4.69) is 15.3 Å². The molecular formula is C20H21FN4O3S2. The molecule has 3 heterocycles. The number of anilines is 2. The maximum atomic E-state index is 13.8. The third-order valence-corrected chi connectivity index (χ3v) is 7.69. The van der Waals surface area contributed by atoms with Gasteiger partial charge in [-0.05, 0) is 50.1 Å². The number of aromatic nitrogens is 2. The van der Waals surface area contributed by atoms with Crippen molar-refractivity contribution in [2.75, 3.05) is 19.0 Å². The van der Waals surface area contributed by atoms with Crippen LogP contribution in [0.1, 0.15) is 30.3 Å². The lowest BCUT2D eigenvalue weighted by atomic mass is 10.1. The van der Waals surface area contributed by atoms with Crippen LogP contribution in [0.4, 0.5) is 15.3 Å². The van der Waals surface area contributed by atoms with Crippen molar-refractivity contribution in [3.63, 3.8) is 0 Å². The predicted molar refractivity (Wildman–Crippen MR) is 113 cm³/mol. The third-order valence-electron chi connectivity index (χ3n) is 4.88. The molecule has 1 saturated heterocycles. The molecule has 10 heteroatoms. The number of nitrogens with zero attached hydrogens (tertiary/aromatic N) is 3. The van der Waals surface area contributed by atoms with Crippen molar-refractivity contribution in [2.45, 2.75) is 30.7 Å². The number of benzene rings is 1. The van der Waals surface area contributed by atoms with Crippen molar-refractivity contribution in [3.05, 3.63) is 59.0 Å². The lowest BCUT2D eigenvalue weighted by Crippen LogP contribution is -2.31. The molecule has 4 rings (SSSR count). The topological polar surface area (TPSA) is 84.4 Å². The summed E-state index contributed by atoms with van der Waals surface area (Å²) in [6.07, 6.45) is 1.32. The normalized spacial score (nSPS) is 17.2. The number of rotatable bonds is 6. The summed E-state index contributed by atoms with van der Waals surface area (Å²) in [6.45, 7) is 2.24. The van der Waals surface area contributed by atoms with Crippen molar-refractivity contribution in [3.8, 4) is 5.75 Å². The monoisotopic (exact) mass is 448 g/mol. The van der Waals surface area contributed by atoms with Crippen molar-refractivity contribution in [1.82, 2.24) is 14.3 Å². The van der Waals surface area contributed by atoms with E-state index in [1.165, 1.54) is 34.9 Å². The summed E-state index contributed by atoms with van der Waals surface area (Å²) in [5.41, 5.74) is 1.54. The lowest BCUT2D eigenvalue weighted by molar-refractivity contribution is 0.376. The first kappa shape index (κ1) is 20.7. The minimum absolute atomic E-state index is 0.115. The first-order chi connectivity index (χ1) is 14.4. The number of hydrogen-bond donors (Lipinski definition) is 1. The van der Waals surface area contributed by atoms with Crippen molar-refractivity contribution in [2.24, 2.45) is 0 Å². The second-order valence-electron chi connectivity index (χ2n) is 6.94. The highest BCUT2D eigenvalue weighted by molar-refractivity contribution is 7.89. The molecular weight excluding hydrogens is 427 g/mol. The first-order valence-electron chi connectivity index (χ1n) is 9.40. The van der Waals surface area contributed by atoms with Gasteiger partial charge in [-0.2, -0.15) is 4.31 Å². The van der Waals surface area contributed by atoms with Gasteiger partial charge in [-0.15, -0.1) is 11.3 Å². The predicted octanol–water partition coefficient (Wildman–Crippen LogP) is 4.26. The van der Waals surface area contributed by atoms with Gasteiger partial charge >= 0.3 is 0 Å². The number of pyridine rings is 1. The molecule has 1 aliphatic rings. The van der Waals surface area contributed by atoms with E-state index in [1.807, 2.05) is 24.4 Å². The summed E-state index contributed by atoms with van der Waals surface area (Å²) in [5.74, 6) is 0.0761. The van der Waals surface area contributed by atoms with Crippen molar-refractivity contribution >= 4 is 32.3 Å². The van der Waals surface area contributed by atoms with Crippen LogP contribution in [0.3, 0.4) is 0 Å². The van der Waals surface area contributed by atoms with Gasteiger partial charge in [0.25, 0.3) is 0 Å². The van der Waals surface area contributed by atoms with Crippen LogP contribution in [0, 0.1) is 12.7 Å². The molecule has 0 amide bonds. The molecule has 30 heavy (non-hydrogen) atoms. The maximum absolute atomic E-state index is 13.8. The molecule has 0 aliphatic carbocycles. The minimum atomic E-state index is -3.97. The van der Waals surface area contributed by atoms with Gasteiger partial charge in [-0.1, -0.05) is 6.07 Å². The van der Waals surface area contributed by atoms with Crippen LogP contribution in [0.15, 0.2) is 46.7 Å². The molecule has 7 nitrogen and oxygen atoms in total. The van der Waals surface area contributed by atoms with Gasteiger partial charge in [0.2, 0.25) is 10.0 Å². The number of hydrogen-bond acceptors (Lipinski definition) is 7. The van der Waals surface area contributed by atoms with Crippen LogP contribution in [-0.4, -0.2) is 36.3 Å². The van der Waals surface area contributed by atoms with Crippen LogP contribution in [0.2, 0.25) is 0 Å². The summed E-state index contributed by atoms with van der Waals surface area (Å²) in [7, 11) is -2.61. The van der Waals surface area contributed by atoms with E-state index in [9.17, 15) is 12.8 Å². The van der Waals surface area contributed by atoms with Gasteiger partial charge in [0.15, 0.2) is 5.13 Å². The zero-order valence-electron chi connectivity index (χ0n) is 16.5. The molecule has 0 spiro atoms. The maximum Gasteiger partial charge on any atom is 0.247 e. The number of nitrogens with one attached hydrogen (secondary N) is 1. The van der Waals surface area contributed by atoms with Gasteiger partial charge in [0, 0.05) is 11.9 Å². The van der Waals surface area contributed by atoms with Gasteiger partial charge in [-0.25, -0.2) is 22.8 Å². The average Bonchev–Trinajstić information content (AvgIpc) is 3.38. The van der Waals surface area contributed by atoms with E-state index in [1.54, 1.807) is 6.07 Å². The highest BCUT2D eigenvalue weighted by atomic mass is 32.2. The summed E-state index contributed by atoms with van der Waals surface area (Å²) in [4.78, 5) is 8.81. The number of ether oxygens (including phenoxy) is 1. The standard InChI is InChI=1S/C20H21FN4O3S2/c1-13-12-29-20(22-13)24-19-7-3-5-15(23-19)16-6-4-10-25(16)30(26,27)18-11-14(21)8-9-17(18)28-2/h3,5,7-9,11-12,16H,4,6,10H2,1-2H3,(H,22,23,24)/t16-/m1/s1. The second-order valence-corrected chi connectivity index (χ2v) is 9.65. The number of halogens is 1. The van der Waals surface area contributed by atoms with Crippen LogP contribution in [-0.2, 0) is 10.0 Å². The Morgan fingerprint density at radius 3 is 2.83 bits per heavy atom. The molecule has 1 fully saturated rings. The van der Waals surface area contributed by atoms with Crippen molar-refractivity contribution < 1.29 is 17.5 Å². The fraction of sp³-hybridized carbons (Fsp3) is 0.300. The van der Waals surface area contributed by atoms with E-state index >= 15 is 0 Å². The molecule has 1 atom stereocenters. The summed E-state index contributed by atoms with van der Waals surface area (Å²) in [6, 6.07) is 8.50. The summed E-state index contributed by atoms with van der Waals surface area (Å²) < 4.78 is 47.1. The number of methoxy groups -OCH3 is 1. The van der Waals surface area contributed by atoms with E-state index in [4.69, 9.17) is 4.74 Å². The zero-order valence-corrected chi connectivity index (χ0v) is 18.1. The van der Waals surface area contributed by atoms with Crippen molar-refractivity contribution in [1.29, 1.82) is 0 Å². The first-order valence-corrected chi connectivity index (χ1v) is 11.7. The lowest BCUT2D eigenvalue weighted by Gasteiger charge is -2.25. The molecule has 0 bridgehead atoms. The molecule has 3 aromatic rings. The Hall–Kier alpha value is -2.56.